The normalized spacial score (nSPS) is 30.9. The maximum absolute atomic E-state index is 15.2. The molecule has 0 radical (unpaired) electrons. The number of methoxy groups -OCH3 is 1. The molecule has 16 heteroatoms. The van der Waals surface area contributed by atoms with E-state index in [9.17, 15) is 24.6 Å². The van der Waals surface area contributed by atoms with Gasteiger partial charge in [-0.05, 0) is 32.5 Å². The molecule has 5 bridgehead atoms. The van der Waals surface area contributed by atoms with Gasteiger partial charge in [-0.25, -0.2) is 0 Å². The molecule has 0 spiro atoms. The highest BCUT2D eigenvalue weighted by atomic mass is 16.7. The number of benzene rings is 2. The van der Waals surface area contributed by atoms with Gasteiger partial charge in [0.15, 0.2) is 5.78 Å². The number of aliphatic hydroxyl groups excluding tert-OH is 2. The van der Waals surface area contributed by atoms with Gasteiger partial charge in [-0.1, -0.05) is 76.3 Å². The molecule has 1 saturated heterocycles. The molecule has 4 N–H and O–H groups in total. The number of aliphatic hydroxyl groups is 2. The molecule has 1 amide bonds. The van der Waals surface area contributed by atoms with Crippen molar-refractivity contribution in [1.29, 1.82) is 0 Å². The van der Waals surface area contributed by atoms with Gasteiger partial charge in [-0.15, -0.1) is 0 Å². The highest BCUT2D eigenvalue weighted by Gasteiger charge is 2.52. The zero-order valence-corrected chi connectivity index (χ0v) is 39.4. The lowest BCUT2D eigenvalue weighted by Gasteiger charge is -2.38. The summed E-state index contributed by atoms with van der Waals surface area (Å²) in [5.41, 5.74) is 0.567. The van der Waals surface area contributed by atoms with Crippen molar-refractivity contribution in [2.75, 3.05) is 45.7 Å². The van der Waals surface area contributed by atoms with E-state index in [0.717, 1.165) is 5.56 Å². The monoisotopic (exact) mass is 909 g/mol. The molecular weight excluding hydrogens is 847 g/mol. The third-order valence-electron chi connectivity index (χ3n) is 13.2. The second-order valence-electron chi connectivity index (χ2n) is 17.9. The maximum Gasteiger partial charge on any atom is 0.312 e. The van der Waals surface area contributed by atoms with Crippen LogP contribution in [0, 0.1) is 30.6 Å². The molecule has 4 aliphatic heterocycles. The number of esters is 1. The van der Waals surface area contributed by atoms with Crippen LogP contribution in [0.15, 0.2) is 82.8 Å². The summed E-state index contributed by atoms with van der Waals surface area (Å²) in [7, 11) is 3.44. The number of rotatable bonds is 7. The average Bonchev–Trinajstić information content (AvgIpc) is 3.56. The number of hydrogen-bond donors (Lipinski definition) is 4. The van der Waals surface area contributed by atoms with E-state index in [-0.39, 0.29) is 51.5 Å². The van der Waals surface area contributed by atoms with Crippen LogP contribution in [-0.2, 0) is 30.3 Å². The Kier molecular flexibility index (Phi) is 15.5. The van der Waals surface area contributed by atoms with Crippen LogP contribution in [0.1, 0.15) is 90.7 Å². The van der Waals surface area contributed by atoms with Crippen LogP contribution in [0.4, 0.5) is 5.69 Å². The van der Waals surface area contributed by atoms with Crippen molar-refractivity contribution in [2.45, 2.75) is 92.1 Å². The zero-order valence-electron chi connectivity index (χ0n) is 39.4. The molecule has 354 valence electrons. The molecule has 1 aliphatic carbocycles. The fourth-order valence-corrected chi connectivity index (χ4v) is 8.91. The quantitative estimate of drug-likeness (QED) is 0.210. The molecule has 2 aromatic rings. The third kappa shape index (κ3) is 10.2. The number of amides is 1. The summed E-state index contributed by atoms with van der Waals surface area (Å²) in [6, 6.07) is 9.40. The highest BCUT2D eigenvalue weighted by molar-refractivity contribution is 6.38. The average molecular weight is 910 g/mol. The lowest BCUT2D eigenvalue weighted by molar-refractivity contribution is -0.160. The minimum Gasteiger partial charge on any atom is -0.462 e. The van der Waals surface area contributed by atoms with Crippen molar-refractivity contribution in [3.63, 3.8) is 0 Å². The van der Waals surface area contributed by atoms with Crippen molar-refractivity contribution in [3.8, 4) is 5.75 Å². The summed E-state index contributed by atoms with van der Waals surface area (Å²) in [5.74, 6) is -7.98. The fraction of sp³-hybridized carbons (Fsp3) is 0.480. The summed E-state index contributed by atoms with van der Waals surface area (Å²) < 4.78 is 24.2. The third-order valence-corrected chi connectivity index (χ3v) is 13.2. The van der Waals surface area contributed by atoms with Crippen molar-refractivity contribution in [3.05, 3.63) is 106 Å². The summed E-state index contributed by atoms with van der Waals surface area (Å²) in [5, 5.41) is 35.5. The Morgan fingerprint density at radius 3 is 2.27 bits per heavy atom. The molecule has 1 fully saturated rings. The van der Waals surface area contributed by atoms with Crippen molar-refractivity contribution < 1.29 is 53.1 Å². The summed E-state index contributed by atoms with van der Waals surface area (Å²) in [6.45, 7) is 15.6. The number of hydrazone groups is 1. The molecule has 0 aromatic heterocycles. The standard InChI is InChI=1S/C50H63N5O11/c1-27-15-14-16-28(2)49(62)53-41-35(26-52-55-22-20-54(9)21-23-55)44(59)37-38(45(41)60)40(51-25-34-17-12-11-13-18-34)30(4)47-39(37)48(61)50(8,66-47)64-24-19-36(63-10)29(3)46(65-33(7)56)32(6)43(58)31(5)42(27)57/h11-19,24,26-27,29,31-32,36,42-43,46,51,57-58H,20-23,25H2,1-10H3,(H,53,62)/b15-14+,24-19+,28-16-,52-26+/t27-,29+,31+,32+,36-,42-,43+,46+,50-/m0/s1. The lowest BCUT2D eigenvalue weighted by atomic mass is 9.78. The second-order valence-corrected chi connectivity index (χ2v) is 17.9. The number of ketones is 3. The Morgan fingerprint density at radius 2 is 1.62 bits per heavy atom. The van der Waals surface area contributed by atoms with E-state index in [4.69, 9.17) is 18.9 Å². The molecule has 16 nitrogen and oxygen atoms in total. The Balaban J connectivity index is 1.53. The first kappa shape index (κ1) is 49.5. The van der Waals surface area contributed by atoms with E-state index in [2.05, 4.69) is 20.6 Å². The summed E-state index contributed by atoms with van der Waals surface area (Å²) >= 11 is 0. The maximum atomic E-state index is 15.2. The van der Waals surface area contributed by atoms with Gasteiger partial charge in [-0.2, -0.15) is 5.10 Å². The van der Waals surface area contributed by atoms with Gasteiger partial charge < -0.3 is 44.7 Å². The summed E-state index contributed by atoms with van der Waals surface area (Å²) in [6.07, 6.45) is 4.92. The number of likely N-dealkylation sites (N-methyl/N-ethyl adjacent to an activating group) is 1. The molecule has 5 aliphatic rings. The number of anilines is 1. The lowest BCUT2D eigenvalue weighted by Crippen LogP contribution is -2.46. The number of nitrogens with zero attached hydrogens (tertiary/aromatic N) is 3. The van der Waals surface area contributed by atoms with E-state index >= 15 is 9.59 Å². The molecular formula is C50H63N5O11. The van der Waals surface area contributed by atoms with Gasteiger partial charge in [0.25, 0.3) is 11.7 Å². The van der Waals surface area contributed by atoms with Crippen LogP contribution < -0.4 is 15.4 Å². The van der Waals surface area contributed by atoms with Crippen LogP contribution in [-0.4, -0.2) is 126 Å². The Bertz CT molecular complexity index is 2370. The number of hydrogen-bond acceptors (Lipinski definition) is 15. The first-order valence-electron chi connectivity index (χ1n) is 22.4. The number of ether oxygens (including phenoxy) is 4. The smallest absolute Gasteiger partial charge is 0.312 e. The predicted molar refractivity (Wildman–Crippen MR) is 248 cm³/mol. The van der Waals surface area contributed by atoms with Crippen molar-refractivity contribution in [1.82, 2.24) is 15.2 Å². The predicted octanol–water partition coefficient (Wildman–Crippen LogP) is 5.14. The van der Waals surface area contributed by atoms with Crippen LogP contribution in [0.3, 0.4) is 0 Å². The first-order chi connectivity index (χ1) is 31.3. The van der Waals surface area contributed by atoms with Crippen LogP contribution in [0.2, 0.25) is 0 Å². The molecule has 0 unspecified atom stereocenters. The van der Waals surface area contributed by atoms with Gasteiger partial charge >= 0.3 is 11.8 Å². The number of carbonyl (C=O) groups is 5. The Morgan fingerprint density at radius 1 is 0.939 bits per heavy atom. The van der Waals surface area contributed by atoms with Gasteiger partial charge in [0.05, 0.1) is 58.7 Å². The van der Waals surface area contributed by atoms with Crippen LogP contribution in [0.5, 0.6) is 5.75 Å². The minimum absolute atomic E-state index is 0.0326. The largest absolute Gasteiger partial charge is 0.462 e. The number of carbonyl (C=O) groups excluding carboxylic acids is 5. The van der Waals surface area contributed by atoms with Gasteiger partial charge in [0.2, 0.25) is 5.78 Å². The molecule has 4 heterocycles. The number of nitrogens with one attached hydrogen (secondary N) is 2. The highest BCUT2D eigenvalue weighted by Crippen LogP contribution is 2.48. The van der Waals surface area contributed by atoms with Crippen LogP contribution in [0.25, 0.3) is 0 Å². The molecule has 9 atom stereocenters. The minimum atomic E-state index is -2.04. The SMILES string of the molecule is CO[C@H]1/C=C/O[C@@]2(C)Oc3c(C)c(NCc4ccccc4)c4c(c3C2=O)C(=O)C(/C=N/N2CCN(C)CC2)=C(NC(=O)/C(C)=C\C=C\[C@H](C)[C@H](O)[C@@H](C)[C@@H](O)[C@@H](C)[C@H](OC(C)=O)[C@@H]1C)C4=O. The number of piperazine rings is 1. The number of fused-ring (bicyclic) bond motifs is 14. The van der Waals surface area contributed by atoms with E-state index in [1.165, 1.54) is 45.6 Å². The Labute approximate surface area is 386 Å². The van der Waals surface area contributed by atoms with E-state index in [1.807, 2.05) is 37.4 Å². The summed E-state index contributed by atoms with van der Waals surface area (Å²) in [4.78, 5) is 73.8. The van der Waals surface area contributed by atoms with E-state index < -0.39 is 83.1 Å². The molecule has 2 aromatic carbocycles. The fourth-order valence-electron chi connectivity index (χ4n) is 8.91. The second kappa shape index (κ2) is 20.7. The van der Waals surface area contributed by atoms with E-state index in [0.29, 0.717) is 31.7 Å². The topological polar surface area (TPSA) is 206 Å². The Hall–Kier alpha value is -5.94. The van der Waals surface area contributed by atoms with Gasteiger partial charge in [-0.3, -0.25) is 29.0 Å². The zero-order chi connectivity index (χ0) is 48.2. The van der Waals surface area contributed by atoms with Crippen LogP contribution >= 0.6 is 0 Å². The molecule has 0 saturated carbocycles. The van der Waals surface area contributed by atoms with E-state index in [1.54, 1.807) is 58.7 Å². The first-order valence-corrected chi connectivity index (χ1v) is 22.4. The molecule has 66 heavy (non-hydrogen) atoms. The van der Waals surface area contributed by atoms with Gasteiger partial charge in [0, 0.05) is 88.5 Å². The van der Waals surface area contributed by atoms with Gasteiger partial charge in [0.1, 0.15) is 17.6 Å². The molecule has 7 rings (SSSR count). The van der Waals surface area contributed by atoms with Crippen molar-refractivity contribution in [2.24, 2.45) is 28.8 Å². The number of Topliss-reactive ketones (excluding diaryl/α,β-unsaturated/α-hetero) is 3. The van der Waals surface area contributed by atoms with Crippen molar-refractivity contribution >= 4 is 41.1 Å². The number of allylic oxidation sites excluding steroid dienone is 4.